The van der Waals surface area contributed by atoms with E-state index in [0.29, 0.717) is 6.07 Å². The highest BCUT2D eigenvalue weighted by Gasteiger charge is 2.35. The normalized spacial score (nSPS) is 11.0. The molecule has 0 unspecified atom stereocenters. The predicted octanol–water partition coefficient (Wildman–Crippen LogP) is 2.84. The van der Waals surface area contributed by atoms with Crippen LogP contribution in [-0.2, 0) is 4.74 Å². The molecule has 0 atom stereocenters. The Hall–Kier alpha value is -2.57. The standard InChI is InChI=1S/C11H6F5NO4/c1-19-9(18)7-5(4-17)2-3-6(21-11(14,15)16)8(7)20-10(12)13/h2-3,10H,1H3. The zero-order chi connectivity index (χ0) is 16.2. The van der Waals surface area contributed by atoms with E-state index in [2.05, 4.69) is 14.2 Å². The van der Waals surface area contributed by atoms with Crippen molar-refractivity contribution in [2.75, 3.05) is 7.11 Å². The van der Waals surface area contributed by atoms with Crippen molar-refractivity contribution in [1.82, 2.24) is 0 Å². The Morgan fingerprint density at radius 3 is 2.38 bits per heavy atom. The first-order valence-electron chi connectivity index (χ1n) is 5.05. The Bertz CT molecular complexity index is 579. The van der Waals surface area contributed by atoms with Crippen LogP contribution in [0.4, 0.5) is 22.0 Å². The van der Waals surface area contributed by atoms with Gasteiger partial charge < -0.3 is 14.2 Å². The lowest BCUT2D eigenvalue weighted by Gasteiger charge is -2.16. The molecule has 0 aromatic heterocycles. The molecular weight excluding hydrogens is 305 g/mol. The largest absolute Gasteiger partial charge is 0.573 e. The number of ether oxygens (including phenoxy) is 3. The summed E-state index contributed by atoms with van der Waals surface area (Å²) in [7, 11) is 0.854. The number of nitriles is 1. The molecular formula is C11H6F5NO4. The predicted molar refractivity (Wildman–Crippen MR) is 55.8 cm³/mol. The van der Waals surface area contributed by atoms with Gasteiger partial charge in [0.05, 0.1) is 12.7 Å². The molecule has 0 saturated heterocycles. The number of hydrogen-bond donors (Lipinski definition) is 0. The lowest BCUT2D eigenvalue weighted by molar-refractivity contribution is -0.275. The van der Waals surface area contributed by atoms with Crippen LogP contribution in [0.25, 0.3) is 0 Å². The Labute approximate surface area is 114 Å². The third-order valence-corrected chi connectivity index (χ3v) is 2.06. The number of rotatable bonds is 4. The topological polar surface area (TPSA) is 68.6 Å². The van der Waals surface area contributed by atoms with Crippen molar-refractivity contribution in [3.8, 4) is 17.6 Å². The summed E-state index contributed by atoms with van der Waals surface area (Å²) in [4.78, 5) is 11.5. The fraction of sp³-hybridized carbons (Fsp3) is 0.273. The summed E-state index contributed by atoms with van der Waals surface area (Å²) in [6.07, 6.45) is -5.21. The Balaban J connectivity index is 3.52. The van der Waals surface area contributed by atoms with Gasteiger partial charge in [0.25, 0.3) is 0 Å². The molecule has 0 fully saturated rings. The highest BCUT2D eigenvalue weighted by molar-refractivity contribution is 5.96. The molecule has 1 aromatic carbocycles. The Morgan fingerprint density at radius 1 is 1.33 bits per heavy atom. The number of nitrogens with zero attached hydrogens (tertiary/aromatic N) is 1. The highest BCUT2D eigenvalue weighted by atomic mass is 19.4. The van der Waals surface area contributed by atoms with Gasteiger partial charge in [-0.05, 0) is 12.1 Å². The molecule has 0 aliphatic carbocycles. The summed E-state index contributed by atoms with van der Waals surface area (Å²) in [6.45, 7) is -3.54. The minimum Gasteiger partial charge on any atom is -0.465 e. The van der Waals surface area contributed by atoms with Gasteiger partial charge in [-0.15, -0.1) is 13.2 Å². The molecule has 5 nitrogen and oxygen atoms in total. The van der Waals surface area contributed by atoms with Crippen molar-refractivity contribution in [3.63, 3.8) is 0 Å². The van der Waals surface area contributed by atoms with Crippen LogP contribution in [-0.4, -0.2) is 26.1 Å². The van der Waals surface area contributed by atoms with Crippen LogP contribution in [0.5, 0.6) is 11.5 Å². The van der Waals surface area contributed by atoms with Gasteiger partial charge in [-0.2, -0.15) is 14.0 Å². The van der Waals surface area contributed by atoms with Crippen molar-refractivity contribution < 1.29 is 41.0 Å². The number of benzene rings is 1. The summed E-state index contributed by atoms with van der Waals surface area (Å²) in [5.41, 5.74) is -1.39. The number of methoxy groups -OCH3 is 1. The van der Waals surface area contributed by atoms with Gasteiger partial charge in [-0.3, -0.25) is 0 Å². The van der Waals surface area contributed by atoms with Crippen LogP contribution >= 0.6 is 0 Å². The van der Waals surface area contributed by atoms with Crippen molar-refractivity contribution in [2.45, 2.75) is 13.0 Å². The van der Waals surface area contributed by atoms with Gasteiger partial charge in [-0.1, -0.05) is 0 Å². The van der Waals surface area contributed by atoms with Gasteiger partial charge >= 0.3 is 18.9 Å². The molecule has 114 valence electrons. The van der Waals surface area contributed by atoms with Crippen molar-refractivity contribution in [3.05, 3.63) is 23.3 Å². The first kappa shape index (κ1) is 16.5. The molecule has 0 spiro atoms. The molecule has 1 rings (SSSR count). The number of halogens is 5. The number of hydrogen-bond acceptors (Lipinski definition) is 5. The van der Waals surface area contributed by atoms with Crippen molar-refractivity contribution >= 4 is 5.97 Å². The molecule has 0 amide bonds. The maximum Gasteiger partial charge on any atom is 0.573 e. The van der Waals surface area contributed by atoms with E-state index in [1.54, 1.807) is 0 Å². The molecule has 0 radical (unpaired) electrons. The minimum absolute atomic E-state index is 0.507. The van der Waals surface area contributed by atoms with Crippen LogP contribution in [0.2, 0.25) is 0 Å². The third kappa shape index (κ3) is 4.20. The van der Waals surface area contributed by atoms with Gasteiger partial charge in [0, 0.05) is 0 Å². The SMILES string of the molecule is COC(=O)c1c(C#N)ccc(OC(F)(F)F)c1OC(F)F. The fourth-order valence-electron chi connectivity index (χ4n) is 1.37. The van der Waals surface area contributed by atoms with Crippen LogP contribution in [0.3, 0.4) is 0 Å². The molecule has 0 aliphatic rings. The Morgan fingerprint density at radius 2 is 1.95 bits per heavy atom. The Kier molecular flexibility index (Phi) is 4.91. The summed E-state index contributed by atoms with van der Waals surface area (Å²) >= 11 is 0. The van der Waals surface area contributed by atoms with Gasteiger partial charge in [-0.25, -0.2) is 4.79 Å². The minimum atomic E-state index is -5.21. The zero-order valence-corrected chi connectivity index (χ0v) is 10.2. The third-order valence-electron chi connectivity index (χ3n) is 2.06. The first-order chi connectivity index (χ1) is 9.69. The zero-order valence-electron chi connectivity index (χ0n) is 10.2. The first-order valence-corrected chi connectivity index (χ1v) is 5.05. The van der Waals surface area contributed by atoms with E-state index in [4.69, 9.17) is 5.26 Å². The second kappa shape index (κ2) is 6.25. The summed E-state index contributed by atoms with van der Waals surface area (Å²) < 4.78 is 72.9. The molecule has 10 heteroatoms. The van der Waals surface area contributed by atoms with Crippen LogP contribution in [0, 0.1) is 11.3 Å². The van der Waals surface area contributed by atoms with E-state index in [0.717, 1.165) is 13.2 Å². The monoisotopic (exact) mass is 311 g/mol. The maximum atomic E-state index is 12.3. The number of carbonyl (C=O) groups is 1. The van der Waals surface area contributed by atoms with E-state index in [-0.39, 0.29) is 0 Å². The van der Waals surface area contributed by atoms with Crippen LogP contribution < -0.4 is 9.47 Å². The number of alkyl halides is 5. The van der Waals surface area contributed by atoms with Gasteiger partial charge in [0.1, 0.15) is 11.6 Å². The molecule has 0 bridgehead atoms. The van der Waals surface area contributed by atoms with E-state index in [1.165, 1.54) is 6.07 Å². The average molecular weight is 311 g/mol. The molecule has 0 aliphatic heterocycles. The summed E-state index contributed by atoms with van der Waals surface area (Å²) in [5.74, 6) is -3.75. The average Bonchev–Trinajstić information content (AvgIpc) is 2.37. The van der Waals surface area contributed by atoms with E-state index < -0.39 is 41.6 Å². The quantitative estimate of drug-likeness (QED) is 0.632. The maximum absolute atomic E-state index is 12.3. The van der Waals surface area contributed by atoms with Crippen molar-refractivity contribution in [2.24, 2.45) is 0 Å². The molecule has 21 heavy (non-hydrogen) atoms. The summed E-state index contributed by atoms with van der Waals surface area (Å²) in [5, 5.41) is 8.78. The lowest BCUT2D eigenvalue weighted by Crippen LogP contribution is -2.20. The van der Waals surface area contributed by atoms with E-state index >= 15 is 0 Å². The van der Waals surface area contributed by atoms with Crippen LogP contribution in [0.1, 0.15) is 15.9 Å². The van der Waals surface area contributed by atoms with E-state index in [1.807, 2.05) is 0 Å². The fourth-order valence-corrected chi connectivity index (χ4v) is 1.37. The smallest absolute Gasteiger partial charge is 0.465 e. The number of carbonyl (C=O) groups excluding carboxylic acids is 1. The lowest BCUT2D eigenvalue weighted by atomic mass is 10.1. The van der Waals surface area contributed by atoms with E-state index in [9.17, 15) is 26.7 Å². The van der Waals surface area contributed by atoms with Gasteiger partial charge in [0.2, 0.25) is 0 Å². The second-order valence-electron chi connectivity index (χ2n) is 3.35. The molecule has 1 aromatic rings. The summed E-state index contributed by atoms with van der Waals surface area (Å²) in [6, 6.07) is 2.81. The van der Waals surface area contributed by atoms with Gasteiger partial charge in [0.15, 0.2) is 11.5 Å². The second-order valence-corrected chi connectivity index (χ2v) is 3.35. The molecule has 0 N–H and O–H groups in total. The number of esters is 1. The molecule has 0 saturated carbocycles. The van der Waals surface area contributed by atoms with Crippen molar-refractivity contribution in [1.29, 1.82) is 5.26 Å². The molecule has 0 heterocycles. The highest BCUT2D eigenvalue weighted by Crippen LogP contribution is 2.38. The van der Waals surface area contributed by atoms with Crippen LogP contribution in [0.15, 0.2) is 12.1 Å².